The zero-order valence-electron chi connectivity index (χ0n) is 17.2. The molecule has 0 fully saturated rings. The molecule has 2 rings (SSSR count). The fourth-order valence-corrected chi connectivity index (χ4v) is 2.67. The summed E-state index contributed by atoms with van der Waals surface area (Å²) in [6, 6.07) is 9.09. The summed E-state index contributed by atoms with van der Waals surface area (Å²) in [4.78, 5) is 24.0. The number of carbonyl (C=O) groups is 2. The van der Waals surface area contributed by atoms with E-state index in [1.54, 1.807) is 38.3 Å². The Morgan fingerprint density at radius 3 is 2.37 bits per heavy atom. The Morgan fingerprint density at radius 1 is 1.03 bits per heavy atom. The number of ether oxygens (including phenoxy) is 4. The number of nitrogens with one attached hydrogen (secondary N) is 1. The predicted octanol–water partition coefficient (Wildman–Crippen LogP) is 3.29. The molecule has 160 valence electrons. The lowest BCUT2D eigenvalue weighted by atomic mass is 10.1. The van der Waals surface area contributed by atoms with Gasteiger partial charge in [-0.25, -0.2) is 9.18 Å². The number of hydrogen-bond acceptors (Lipinski definition) is 6. The van der Waals surface area contributed by atoms with Gasteiger partial charge in [-0.1, -0.05) is 6.07 Å². The van der Waals surface area contributed by atoms with Crippen molar-refractivity contribution in [3.05, 3.63) is 59.4 Å². The Morgan fingerprint density at radius 2 is 1.73 bits per heavy atom. The van der Waals surface area contributed by atoms with E-state index in [4.69, 9.17) is 18.9 Å². The smallest absolute Gasteiger partial charge is 0.331 e. The second kappa shape index (κ2) is 10.8. The van der Waals surface area contributed by atoms with Gasteiger partial charge in [-0.15, -0.1) is 0 Å². The Kier molecular flexibility index (Phi) is 8.22. The first-order valence-corrected chi connectivity index (χ1v) is 9.07. The molecular weight excluding hydrogens is 393 g/mol. The van der Waals surface area contributed by atoms with Crippen LogP contribution in [-0.4, -0.2) is 39.8 Å². The zero-order valence-corrected chi connectivity index (χ0v) is 17.2. The lowest BCUT2D eigenvalue weighted by Gasteiger charge is -2.18. The number of rotatable bonds is 9. The largest absolute Gasteiger partial charge is 0.497 e. The highest BCUT2D eigenvalue weighted by atomic mass is 19.1. The molecule has 1 amide bonds. The maximum Gasteiger partial charge on any atom is 0.331 e. The van der Waals surface area contributed by atoms with Crippen molar-refractivity contribution in [2.45, 2.75) is 13.0 Å². The molecule has 1 atom stereocenters. The first-order valence-electron chi connectivity index (χ1n) is 9.07. The monoisotopic (exact) mass is 417 g/mol. The van der Waals surface area contributed by atoms with E-state index in [9.17, 15) is 14.0 Å². The highest BCUT2D eigenvalue weighted by Gasteiger charge is 2.16. The average molecular weight is 417 g/mol. The van der Waals surface area contributed by atoms with E-state index in [-0.39, 0.29) is 5.75 Å². The molecule has 0 heterocycles. The second-order valence-corrected chi connectivity index (χ2v) is 6.23. The Labute approximate surface area is 174 Å². The summed E-state index contributed by atoms with van der Waals surface area (Å²) in [6.45, 7) is 1.31. The lowest BCUT2D eigenvalue weighted by Crippen LogP contribution is -2.31. The molecule has 8 heteroatoms. The van der Waals surface area contributed by atoms with Crippen molar-refractivity contribution < 1.29 is 32.9 Å². The Hall–Kier alpha value is -3.55. The van der Waals surface area contributed by atoms with Gasteiger partial charge < -0.3 is 24.3 Å². The summed E-state index contributed by atoms with van der Waals surface area (Å²) in [5.41, 5.74) is 1.17. The molecule has 2 aromatic carbocycles. The van der Waals surface area contributed by atoms with Crippen LogP contribution in [0.25, 0.3) is 6.08 Å². The molecule has 0 saturated heterocycles. The second-order valence-electron chi connectivity index (χ2n) is 6.23. The Bertz CT molecular complexity index is 928. The van der Waals surface area contributed by atoms with Gasteiger partial charge in [-0.3, -0.25) is 4.79 Å². The standard InChI is InChI=1S/C22H24FNO6/c1-14(17-12-16(27-2)7-9-19(17)28-3)24-21(25)13-30-22(26)10-6-15-5-8-20(29-4)18(23)11-15/h5-12,14H,13H2,1-4H3,(H,24,25)/b10-6+/t14-/m0/s1. The molecule has 0 bridgehead atoms. The van der Waals surface area contributed by atoms with Gasteiger partial charge in [0.25, 0.3) is 5.91 Å². The van der Waals surface area contributed by atoms with E-state index in [1.165, 1.54) is 32.4 Å². The molecule has 0 saturated carbocycles. The first-order chi connectivity index (χ1) is 14.4. The van der Waals surface area contributed by atoms with Crippen molar-refractivity contribution in [3.63, 3.8) is 0 Å². The van der Waals surface area contributed by atoms with Crippen LogP contribution in [0, 0.1) is 5.82 Å². The molecule has 0 aliphatic carbocycles. The fourth-order valence-electron chi connectivity index (χ4n) is 2.67. The summed E-state index contributed by atoms with van der Waals surface area (Å²) in [5.74, 6) is -0.436. The minimum Gasteiger partial charge on any atom is -0.497 e. The molecule has 1 N–H and O–H groups in total. The van der Waals surface area contributed by atoms with Crippen LogP contribution < -0.4 is 19.5 Å². The zero-order chi connectivity index (χ0) is 22.1. The van der Waals surface area contributed by atoms with Gasteiger partial charge in [0.15, 0.2) is 18.2 Å². The maximum atomic E-state index is 13.6. The minimum atomic E-state index is -0.729. The Balaban J connectivity index is 1.89. The van der Waals surface area contributed by atoms with Gasteiger partial charge in [0.05, 0.1) is 27.4 Å². The van der Waals surface area contributed by atoms with Crippen molar-refractivity contribution in [1.82, 2.24) is 5.32 Å². The van der Waals surface area contributed by atoms with Crippen LogP contribution in [0.5, 0.6) is 17.2 Å². The quantitative estimate of drug-likeness (QED) is 0.498. The molecule has 7 nitrogen and oxygen atoms in total. The van der Waals surface area contributed by atoms with Gasteiger partial charge >= 0.3 is 5.97 Å². The highest BCUT2D eigenvalue weighted by Crippen LogP contribution is 2.29. The molecular formula is C22H24FNO6. The number of hydrogen-bond donors (Lipinski definition) is 1. The van der Waals surface area contributed by atoms with Gasteiger partial charge in [-0.05, 0) is 48.9 Å². The minimum absolute atomic E-state index is 0.105. The number of carbonyl (C=O) groups excluding carboxylic acids is 2. The fraction of sp³-hybridized carbons (Fsp3) is 0.273. The number of amides is 1. The molecule has 0 aliphatic rings. The van der Waals surface area contributed by atoms with Crippen LogP contribution in [0.2, 0.25) is 0 Å². The van der Waals surface area contributed by atoms with E-state index in [0.717, 1.165) is 11.6 Å². The van der Waals surface area contributed by atoms with E-state index in [2.05, 4.69) is 5.32 Å². The maximum absolute atomic E-state index is 13.6. The van der Waals surface area contributed by atoms with E-state index in [0.29, 0.717) is 17.1 Å². The van der Waals surface area contributed by atoms with Gasteiger partial charge in [0.2, 0.25) is 0 Å². The van der Waals surface area contributed by atoms with Crippen LogP contribution in [0.15, 0.2) is 42.5 Å². The molecule has 0 aromatic heterocycles. The van der Waals surface area contributed by atoms with E-state index in [1.807, 2.05) is 0 Å². The average Bonchev–Trinajstić information content (AvgIpc) is 2.75. The number of methoxy groups -OCH3 is 3. The van der Waals surface area contributed by atoms with Crippen LogP contribution in [0.1, 0.15) is 24.1 Å². The predicted molar refractivity (Wildman–Crippen MR) is 109 cm³/mol. The SMILES string of the molecule is COc1ccc(OC)c([C@H](C)NC(=O)COC(=O)/C=C/c2ccc(OC)c(F)c2)c1. The summed E-state index contributed by atoms with van der Waals surface area (Å²) >= 11 is 0. The van der Waals surface area contributed by atoms with Gasteiger partial charge in [0.1, 0.15) is 11.5 Å². The van der Waals surface area contributed by atoms with E-state index >= 15 is 0 Å². The van der Waals surface area contributed by atoms with Crippen molar-refractivity contribution in [2.75, 3.05) is 27.9 Å². The van der Waals surface area contributed by atoms with Crippen LogP contribution in [0.4, 0.5) is 4.39 Å². The van der Waals surface area contributed by atoms with E-state index < -0.39 is 30.3 Å². The van der Waals surface area contributed by atoms with Crippen LogP contribution in [0.3, 0.4) is 0 Å². The van der Waals surface area contributed by atoms with Crippen molar-refractivity contribution >= 4 is 18.0 Å². The van der Waals surface area contributed by atoms with Crippen LogP contribution in [-0.2, 0) is 14.3 Å². The highest BCUT2D eigenvalue weighted by molar-refractivity contribution is 5.89. The third kappa shape index (κ3) is 6.23. The molecule has 0 spiro atoms. The van der Waals surface area contributed by atoms with Crippen LogP contribution >= 0.6 is 0 Å². The normalized spacial score (nSPS) is 11.6. The topological polar surface area (TPSA) is 83.1 Å². The van der Waals surface area contributed by atoms with Crippen molar-refractivity contribution in [2.24, 2.45) is 0 Å². The molecule has 0 unspecified atom stereocenters. The molecule has 2 aromatic rings. The number of benzene rings is 2. The number of esters is 1. The summed E-state index contributed by atoms with van der Waals surface area (Å²) < 4.78 is 33.9. The van der Waals surface area contributed by atoms with Gasteiger partial charge in [-0.2, -0.15) is 0 Å². The molecule has 0 aliphatic heterocycles. The lowest BCUT2D eigenvalue weighted by molar-refractivity contribution is -0.144. The number of halogens is 1. The van der Waals surface area contributed by atoms with Gasteiger partial charge in [0, 0.05) is 11.6 Å². The van der Waals surface area contributed by atoms with Crippen molar-refractivity contribution in [3.8, 4) is 17.2 Å². The third-order valence-electron chi connectivity index (χ3n) is 4.21. The van der Waals surface area contributed by atoms with Crippen molar-refractivity contribution in [1.29, 1.82) is 0 Å². The first kappa shape index (κ1) is 22.7. The summed E-state index contributed by atoms with van der Waals surface area (Å²) in [5, 5.41) is 2.73. The summed E-state index contributed by atoms with van der Waals surface area (Å²) in [6.07, 6.45) is 2.50. The molecule has 0 radical (unpaired) electrons. The third-order valence-corrected chi connectivity index (χ3v) is 4.21. The summed E-state index contributed by atoms with van der Waals surface area (Å²) in [7, 11) is 4.44. The molecule has 30 heavy (non-hydrogen) atoms.